The van der Waals surface area contributed by atoms with Crippen LogP contribution in [0.5, 0.6) is 0 Å². The van der Waals surface area contributed by atoms with E-state index in [9.17, 15) is 10.2 Å². The summed E-state index contributed by atoms with van der Waals surface area (Å²) in [7, 11) is 0. The molecule has 2 atom stereocenters. The molecule has 0 saturated carbocycles. The van der Waals surface area contributed by atoms with Gasteiger partial charge in [-0.1, -0.05) is 19.4 Å². The molecule has 0 spiro atoms. The number of nitrogens with zero attached hydrogens (tertiary/aromatic N) is 1. The minimum absolute atomic E-state index is 0.432. The molecule has 0 amide bonds. The van der Waals surface area contributed by atoms with Gasteiger partial charge in [-0.3, -0.25) is 4.98 Å². The Hall–Kier alpha value is -0.930. The SMILES string of the molecule is CCCc1ccc2c(n1)CC(O)CC2O. The maximum absolute atomic E-state index is 9.75. The Kier molecular flexibility index (Phi) is 3.03. The molecule has 1 aliphatic rings. The summed E-state index contributed by atoms with van der Waals surface area (Å²) in [5.74, 6) is 0. The fourth-order valence-corrected chi connectivity index (χ4v) is 2.11. The van der Waals surface area contributed by atoms with Crippen molar-refractivity contribution in [1.29, 1.82) is 0 Å². The largest absolute Gasteiger partial charge is 0.393 e. The van der Waals surface area contributed by atoms with E-state index in [0.29, 0.717) is 12.8 Å². The molecule has 1 heterocycles. The van der Waals surface area contributed by atoms with Gasteiger partial charge in [0.05, 0.1) is 12.2 Å². The number of fused-ring (bicyclic) bond motifs is 1. The van der Waals surface area contributed by atoms with Crippen molar-refractivity contribution in [2.45, 2.75) is 44.8 Å². The topological polar surface area (TPSA) is 53.4 Å². The summed E-state index contributed by atoms with van der Waals surface area (Å²) in [4.78, 5) is 4.48. The van der Waals surface area contributed by atoms with Crippen molar-refractivity contribution in [1.82, 2.24) is 4.98 Å². The maximum Gasteiger partial charge on any atom is 0.0832 e. The summed E-state index contributed by atoms with van der Waals surface area (Å²) in [6.45, 7) is 2.12. The lowest BCUT2D eigenvalue weighted by Gasteiger charge is -2.24. The Morgan fingerprint density at radius 1 is 1.40 bits per heavy atom. The molecule has 15 heavy (non-hydrogen) atoms. The van der Waals surface area contributed by atoms with E-state index in [-0.39, 0.29) is 0 Å². The molecule has 3 heteroatoms. The van der Waals surface area contributed by atoms with Crippen molar-refractivity contribution in [3.63, 3.8) is 0 Å². The lowest BCUT2D eigenvalue weighted by atomic mass is 9.91. The van der Waals surface area contributed by atoms with Crippen LogP contribution in [0.4, 0.5) is 0 Å². The van der Waals surface area contributed by atoms with Crippen molar-refractivity contribution in [3.05, 3.63) is 29.1 Å². The second-order valence-corrected chi connectivity index (χ2v) is 4.20. The number of aliphatic hydroxyl groups is 2. The molecule has 0 radical (unpaired) electrons. The molecule has 0 aromatic carbocycles. The van der Waals surface area contributed by atoms with E-state index < -0.39 is 12.2 Å². The quantitative estimate of drug-likeness (QED) is 0.770. The van der Waals surface area contributed by atoms with E-state index >= 15 is 0 Å². The van der Waals surface area contributed by atoms with Crippen LogP contribution in [-0.2, 0) is 12.8 Å². The van der Waals surface area contributed by atoms with Crippen LogP contribution in [0.1, 0.15) is 42.8 Å². The normalized spacial score (nSPS) is 25.0. The smallest absolute Gasteiger partial charge is 0.0832 e. The zero-order valence-electron chi connectivity index (χ0n) is 8.98. The highest BCUT2D eigenvalue weighted by molar-refractivity contribution is 5.28. The molecule has 0 bridgehead atoms. The number of pyridine rings is 1. The highest BCUT2D eigenvalue weighted by Gasteiger charge is 2.25. The van der Waals surface area contributed by atoms with E-state index in [0.717, 1.165) is 29.8 Å². The van der Waals surface area contributed by atoms with Crippen molar-refractivity contribution in [2.75, 3.05) is 0 Å². The average Bonchev–Trinajstić information content (AvgIpc) is 2.17. The average molecular weight is 207 g/mol. The Balaban J connectivity index is 2.30. The first-order chi connectivity index (χ1) is 7.20. The zero-order chi connectivity index (χ0) is 10.8. The third kappa shape index (κ3) is 2.19. The maximum atomic E-state index is 9.75. The van der Waals surface area contributed by atoms with Crippen molar-refractivity contribution in [3.8, 4) is 0 Å². The molecule has 3 nitrogen and oxygen atoms in total. The predicted octanol–water partition coefficient (Wildman–Crippen LogP) is 1.37. The standard InChI is InChI=1S/C12H17NO2/c1-2-3-8-4-5-10-11(13-8)6-9(14)7-12(10)15/h4-5,9,12,14-15H,2-3,6-7H2,1H3. The third-order valence-corrected chi connectivity index (χ3v) is 2.86. The molecule has 82 valence electrons. The van der Waals surface area contributed by atoms with Crippen LogP contribution >= 0.6 is 0 Å². The van der Waals surface area contributed by atoms with Crippen molar-refractivity contribution >= 4 is 0 Å². The minimum atomic E-state index is -0.549. The summed E-state index contributed by atoms with van der Waals surface area (Å²) in [6.07, 6.45) is 2.03. The fourth-order valence-electron chi connectivity index (χ4n) is 2.11. The second-order valence-electron chi connectivity index (χ2n) is 4.20. The monoisotopic (exact) mass is 207 g/mol. The highest BCUT2D eigenvalue weighted by atomic mass is 16.3. The van der Waals surface area contributed by atoms with Crippen LogP contribution in [-0.4, -0.2) is 21.3 Å². The Bertz CT molecular complexity index is 351. The lowest BCUT2D eigenvalue weighted by Crippen LogP contribution is -2.24. The molecule has 1 aliphatic carbocycles. The molecule has 0 saturated heterocycles. The van der Waals surface area contributed by atoms with Gasteiger partial charge in [-0.15, -0.1) is 0 Å². The van der Waals surface area contributed by atoms with Crippen LogP contribution in [0.25, 0.3) is 0 Å². The van der Waals surface area contributed by atoms with Crippen LogP contribution in [0, 0.1) is 0 Å². The van der Waals surface area contributed by atoms with Gasteiger partial charge >= 0.3 is 0 Å². The molecular weight excluding hydrogens is 190 g/mol. The van der Waals surface area contributed by atoms with Gasteiger partial charge in [0.25, 0.3) is 0 Å². The van der Waals surface area contributed by atoms with Gasteiger partial charge in [-0.2, -0.15) is 0 Å². The van der Waals surface area contributed by atoms with Crippen LogP contribution < -0.4 is 0 Å². The fraction of sp³-hybridized carbons (Fsp3) is 0.583. The van der Waals surface area contributed by atoms with E-state index in [1.165, 1.54) is 0 Å². The molecule has 2 unspecified atom stereocenters. The molecule has 0 fully saturated rings. The summed E-state index contributed by atoms with van der Waals surface area (Å²) < 4.78 is 0. The summed E-state index contributed by atoms with van der Waals surface area (Å²) in [6, 6.07) is 3.92. The molecule has 2 N–H and O–H groups in total. The lowest BCUT2D eigenvalue weighted by molar-refractivity contribution is 0.0668. The number of hydrogen-bond acceptors (Lipinski definition) is 3. The van der Waals surface area contributed by atoms with E-state index in [4.69, 9.17) is 0 Å². The Labute approximate surface area is 89.8 Å². The van der Waals surface area contributed by atoms with Gasteiger partial charge in [-0.05, 0) is 12.5 Å². The van der Waals surface area contributed by atoms with Gasteiger partial charge in [0, 0.05) is 29.8 Å². The van der Waals surface area contributed by atoms with Gasteiger partial charge in [0.15, 0.2) is 0 Å². The summed E-state index contributed by atoms with van der Waals surface area (Å²) in [5, 5.41) is 19.3. The number of aliphatic hydroxyl groups excluding tert-OH is 2. The molecule has 2 rings (SSSR count). The third-order valence-electron chi connectivity index (χ3n) is 2.86. The number of rotatable bonds is 2. The van der Waals surface area contributed by atoms with Gasteiger partial charge in [0.1, 0.15) is 0 Å². The number of aromatic nitrogens is 1. The van der Waals surface area contributed by atoms with Gasteiger partial charge in [0.2, 0.25) is 0 Å². The number of aryl methyl sites for hydroxylation is 1. The first-order valence-corrected chi connectivity index (χ1v) is 5.55. The molecule has 1 aromatic heterocycles. The van der Waals surface area contributed by atoms with E-state index in [2.05, 4.69) is 11.9 Å². The summed E-state index contributed by atoms with van der Waals surface area (Å²) >= 11 is 0. The minimum Gasteiger partial charge on any atom is -0.393 e. The number of hydrogen-bond donors (Lipinski definition) is 2. The van der Waals surface area contributed by atoms with Crippen molar-refractivity contribution < 1.29 is 10.2 Å². The molecule has 1 aromatic rings. The van der Waals surface area contributed by atoms with E-state index in [1.54, 1.807) is 0 Å². The predicted molar refractivity (Wildman–Crippen MR) is 57.5 cm³/mol. The zero-order valence-corrected chi connectivity index (χ0v) is 8.98. The van der Waals surface area contributed by atoms with E-state index in [1.807, 2.05) is 12.1 Å². The Morgan fingerprint density at radius 2 is 2.20 bits per heavy atom. The first kappa shape index (κ1) is 10.6. The highest BCUT2D eigenvalue weighted by Crippen LogP contribution is 2.28. The summed E-state index contributed by atoms with van der Waals surface area (Å²) in [5.41, 5.74) is 2.81. The van der Waals surface area contributed by atoms with Crippen LogP contribution in [0.2, 0.25) is 0 Å². The van der Waals surface area contributed by atoms with Gasteiger partial charge < -0.3 is 10.2 Å². The molecular formula is C12H17NO2. The van der Waals surface area contributed by atoms with Gasteiger partial charge in [-0.25, -0.2) is 0 Å². The molecule has 0 aliphatic heterocycles. The second kappa shape index (κ2) is 4.29. The Morgan fingerprint density at radius 3 is 2.93 bits per heavy atom. The van der Waals surface area contributed by atoms with Crippen molar-refractivity contribution in [2.24, 2.45) is 0 Å². The first-order valence-electron chi connectivity index (χ1n) is 5.55. The van der Waals surface area contributed by atoms with Crippen LogP contribution in [0.3, 0.4) is 0 Å². The van der Waals surface area contributed by atoms with Crippen LogP contribution in [0.15, 0.2) is 12.1 Å².